The minimum Gasteiger partial charge on any atom is -0.383 e. The van der Waals surface area contributed by atoms with Gasteiger partial charge >= 0.3 is 0 Å². The number of hydrogen-bond donors (Lipinski definition) is 4. The molecule has 0 spiro atoms. The summed E-state index contributed by atoms with van der Waals surface area (Å²) in [7, 11) is 1.65. The van der Waals surface area contributed by atoms with E-state index in [-0.39, 0.29) is 29.3 Å². The zero-order valence-electron chi connectivity index (χ0n) is 19.1. The number of benzene rings is 1. The van der Waals surface area contributed by atoms with Crippen molar-refractivity contribution < 1.29 is 13.9 Å². The van der Waals surface area contributed by atoms with E-state index in [1.54, 1.807) is 7.11 Å². The second-order valence-corrected chi connectivity index (χ2v) is 8.60. The Morgan fingerprint density at radius 2 is 2.09 bits per heavy atom. The highest BCUT2D eigenvalue weighted by Crippen LogP contribution is 2.36. The van der Waals surface area contributed by atoms with Gasteiger partial charge in [0.1, 0.15) is 5.82 Å². The molecule has 1 amide bonds. The molecule has 2 atom stereocenters. The summed E-state index contributed by atoms with van der Waals surface area (Å²) in [5.74, 6) is -0.813. The van der Waals surface area contributed by atoms with Gasteiger partial charge in [-0.1, -0.05) is 0 Å². The molecule has 2 heterocycles. The summed E-state index contributed by atoms with van der Waals surface area (Å²) in [6, 6.07) is 6.53. The van der Waals surface area contributed by atoms with Gasteiger partial charge in [-0.15, -0.1) is 0 Å². The maximum atomic E-state index is 14.8. The largest absolute Gasteiger partial charge is 0.383 e. The molecule has 1 aliphatic carbocycles. The fourth-order valence-corrected chi connectivity index (χ4v) is 4.07. The van der Waals surface area contributed by atoms with Crippen LogP contribution in [0.3, 0.4) is 0 Å². The van der Waals surface area contributed by atoms with Crippen molar-refractivity contribution in [3.05, 3.63) is 41.3 Å². The molecule has 1 fully saturated rings. The van der Waals surface area contributed by atoms with E-state index >= 15 is 0 Å². The van der Waals surface area contributed by atoms with E-state index in [9.17, 15) is 9.18 Å². The summed E-state index contributed by atoms with van der Waals surface area (Å²) in [4.78, 5) is 16.4. The summed E-state index contributed by atoms with van der Waals surface area (Å²) in [5, 5.41) is 11.8. The molecule has 9 nitrogen and oxygen atoms in total. The second-order valence-electron chi connectivity index (χ2n) is 8.60. The van der Waals surface area contributed by atoms with E-state index in [1.165, 1.54) is 0 Å². The molecule has 3 aromatic rings. The van der Waals surface area contributed by atoms with Crippen LogP contribution in [0.25, 0.3) is 10.9 Å². The summed E-state index contributed by atoms with van der Waals surface area (Å²) < 4.78 is 21.8. The number of ether oxygens (including phenoxy) is 1. The van der Waals surface area contributed by atoms with Crippen LogP contribution in [0.1, 0.15) is 35.8 Å². The molecule has 1 aliphatic rings. The quantitative estimate of drug-likeness (QED) is 0.369. The highest BCUT2D eigenvalue weighted by atomic mass is 19.1. The first-order valence-electron chi connectivity index (χ1n) is 11.0. The van der Waals surface area contributed by atoms with E-state index in [4.69, 9.17) is 16.2 Å². The molecule has 1 aromatic carbocycles. The molecular weight excluding hydrogens is 425 g/mol. The molecular formula is C23H30FN7O2. The number of rotatable bonds is 10. The Kier molecular flexibility index (Phi) is 6.48. The van der Waals surface area contributed by atoms with Gasteiger partial charge in [-0.3, -0.25) is 9.48 Å². The van der Waals surface area contributed by atoms with Crippen molar-refractivity contribution in [3.8, 4) is 0 Å². The zero-order chi connectivity index (χ0) is 23.7. The van der Waals surface area contributed by atoms with Crippen molar-refractivity contribution in [2.45, 2.75) is 45.3 Å². The molecule has 0 bridgehead atoms. The van der Waals surface area contributed by atoms with Crippen LogP contribution in [-0.2, 0) is 11.3 Å². The standard InChI is InChI=1S/C23H30FN7O2/c1-12(25)20(14-4-5-14)28-23-18(24)11-17(21(26)32)22(29-23)27-15-6-7-19-16(10-15)13(2)30-31(19)8-9-33-3/h6-7,10-12,14,20H,4-5,8-9,25H2,1-3H3,(H2,26,32)(H2,27,28,29)/t12-,20-/m0/s1. The average Bonchev–Trinajstić information content (AvgIpc) is 3.56. The number of aromatic nitrogens is 3. The molecule has 176 valence electrons. The van der Waals surface area contributed by atoms with Gasteiger partial charge < -0.3 is 26.8 Å². The van der Waals surface area contributed by atoms with E-state index in [0.717, 1.165) is 35.5 Å². The van der Waals surface area contributed by atoms with Gasteiger partial charge in [-0.05, 0) is 56.9 Å². The van der Waals surface area contributed by atoms with Crippen LogP contribution in [0.5, 0.6) is 0 Å². The predicted molar refractivity (Wildman–Crippen MR) is 126 cm³/mol. The summed E-state index contributed by atoms with van der Waals surface area (Å²) >= 11 is 0. The minimum absolute atomic E-state index is 0.0329. The number of nitrogens with two attached hydrogens (primary N) is 2. The number of nitrogens with one attached hydrogen (secondary N) is 2. The Morgan fingerprint density at radius 3 is 2.73 bits per heavy atom. The van der Waals surface area contributed by atoms with Crippen molar-refractivity contribution in [3.63, 3.8) is 0 Å². The summed E-state index contributed by atoms with van der Waals surface area (Å²) in [5.41, 5.74) is 14.1. The number of methoxy groups -OCH3 is 1. The monoisotopic (exact) mass is 455 g/mol. The number of aryl methyl sites for hydroxylation is 1. The Balaban J connectivity index is 1.66. The first-order valence-corrected chi connectivity index (χ1v) is 11.0. The van der Waals surface area contributed by atoms with Gasteiger partial charge in [0.15, 0.2) is 11.6 Å². The molecule has 33 heavy (non-hydrogen) atoms. The zero-order valence-corrected chi connectivity index (χ0v) is 19.1. The van der Waals surface area contributed by atoms with Crippen LogP contribution in [0.2, 0.25) is 0 Å². The van der Waals surface area contributed by atoms with E-state index in [0.29, 0.717) is 24.8 Å². The third kappa shape index (κ3) is 4.91. The first-order chi connectivity index (χ1) is 15.8. The first kappa shape index (κ1) is 22.9. The number of amides is 1. The summed E-state index contributed by atoms with van der Waals surface area (Å²) in [6.07, 6.45) is 2.09. The third-order valence-corrected chi connectivity index (χ3v) is 5.95. The molecule has 4 rings (SSSR count). The lowest BCUT2D eigenvalue weighted by Gasteiger charge is -2.23. The smallest absolute Gasteiger partial charge is 0.252 e. The van der Waals surface area contributed by atoms with Crippen LogP contribution in [-0.4, -0.2) is 46.5 Å². The number of hydrogen-bond acceptors (Lipinski definition) is 7. The van der Waals surface area contributed by atoms with Crippen molar-refractivity contribution in [2.24, 2.45) is 17.4 Å². The Bertz CT molecular complexity index is 1170. The number of pyridine rings is 1. The molecule has 0 unspecified atom stereocenters. The number of carbonyl (C=O) groups excluding carboxylic acids is 1. The topological polar surface area (TPSA) is 133 Å². The Labute approximate surface area is 191 Å². The van der Waals surface area contributed by atoms with Gasteiger partial charge in [0, 0.05) is 30.3 Å². The van der Waals surface area contributed by atoms with Crippen molar-refractivity contribution >= 4 is 34.1 Å². The van der Waals surface area contributed by atoms with Crippen LogP contribution in [0.4, 0.5) is 21.7 Å². The van der Waals surface area contributed by atoms with Gasteiger partial charge in [0.2, 0.25) is 0 Å². The molecule has 0 radical (unpaired) electrons. The van der Waals surface area contributed by atoms with Gasteiger partial charge in [-0.2, -0.15) is 5.10 Å². The summed E-state index contributed by atoms with van der Waals surface area (Å²) in [6.45, 7) is 5.00. The van der Waals surface area contributed by atoms with Crippen LogP contribution < -0.4 is 22.1 Å². The second kappa shape index (κ2) is 9.32. The predicted octanol–water partition coefficient (Wildman–Crippen LogP) is 2.91. The van der Waals surface area contributed by atoms with Crippen molar-refractivity contribution in [1.82, 2.24) is 14.8 Å². The fraction of sp³-hybridized carbons (Fsp3) is 0.435. The molecule has 6 N–H and O–H groups in total. The highest BCUT2D eigenvalue weighted by molar-refractivity contribution is 5.99. The number of nitrogens with zero attached hydrogens (tertiary/aromatic N) is 3. The van der Waals surface area contributed by atoms with E-state index in [1.807, 2.05) is 36.7 Å². The maximum Gasteiger partial charge on any atom is 0.252 e. The van der Waals surface area contributed by atoms with Crippen LogP contribution >= 0.6 is 0 Å². The van der Waals surface area contributed by atoms with Crippen molar-refractivity contribution in [1.29, 1.82) is 0 Å². The molecule has 2 aromatic heterocycles. The number of halogens is 1. The Hall–Kier alpha value is -3.24. The molecule has 10 heteroatoms. The molecule has 0 saturated heterocycles. The lowest BCUT2D eigenvalue weighted by molar-refractivity contribution is 0.100. The Morgan fingerprint density at radius 1 is 1.33 bits per heavy atom. The van der Waals surface area contributed by atoms with Crippen LogP contribution in [0, 0.1) is 18.7 Å². The number of anilines is 3. The highest BCUT2D eigenvalue weighted by Gasteiger charge is 2.34. The SMILES string of the molecule is COCCn1nc(C)c2cc(Nc3nc(N[C@H](C4CC4)[C@H](C)N)c(F)cc3C(N)=O)ccc21. The van der Waals surface area contributed by atoms with E-state index < -0.39 is 11.7 Å². The number of primary amides is 1. The number of fused-ring (bicyclic) bond motifs is 1. The van der Waals surface area contributed by atoms with Gasteiger partial charge in [0.05, 0.1) is 29.9 Å². The lowest BCUT2D eigenvalue weighted by atomic mass is 10.1. The normalized spacial score (nSPS) is 15.4. The van der Waals surface area contributed by atoms with E-state index in [2.05, 4.69) is 20.7 Å². The van der Waals surface area contributed by atoms with Crippen molar-refractivity contribution in [2.75, 3.05) is 24.4 Å². The molecule has 1 saturated carbocycles. The molecule has 0 aliphatic heterocycles. The number of carbonyl (C=O) groups is 1. The maximum absolute atomic E-state index is 14.8. The minimum atomic E-state index is -0.772. The average molecular weight is 456 g/mol. The fourth-order valence-electron chi connectivity index (χ4n) is 4.07. The van der Waals surface area contributed by atoms with Crippen LogP contribution in [0.15, 0.2) is 24.3 Å². The van der Waals surface area contributed by atoms with Gasteiger partial charge in [-0.25, -0.2) is 9.37 Å². The lowest BCUT2D eigenvalue weighted by Crippen LogP contribution is -2.40. The third-order valence-electron chi connectivity index (χ3n) is 5.95. The van der Waals surface area contributed by atoms with Gasteiger partial charge in [0.25, 0.3) is 5.91 Å².